The molecule has 0 aliphatic carbocycles. The second-order valence-electron chi connectivity index (χ2n) is 12.9. The second kappa shape index (κ2) is 12.1. The molecule has 1 aliphatic rings. The lowest BCUT2D eigenvalue weighted by atomic mass is 9.92. The van der Waals surface area contributed by atoms with Crippen LogP contribution in [0.2, 0.25) is 0 Å². The number of hydrogen-bond donors (Lipinski definition) is 1. The van der Waals surface area contributed by atoms with Gasteiger partial charge in [0.15, 0.2) is 5.82 Å². The van der Waals surface area contributed by atoms with Crippen LogP contribution in [0.1, 0.15) is 30.8 Å². The number of allylic oxidation sites excluding steroid dienone is 3. The summed E-state index contributed by atoms with van der Waals surface area (Å²) in [4.78, 5) is 15.1. The van der Waals surface area contributed by atoms with Crippen LogP contribution in [0.15, 0.2) is 139 Å². The SMILES string of the molecule is CC1=CC(c2cc(-c3cc(C)nc(C)c3)cc(-c3cc(-c4ccc5ccccc5c4)nc(-c4ccc5ccccc5c4)n3)c2)=CC(C)N1. The van der Waals surface area contributed by atoms with Crippen molar-refractivity contribution in [1.29, 1.82) is 0 Å². The molecule has 8 rings (SSSR count). The van der Waals surface area contributed by atoms with E-state index in [9.17, 15) is 0 Å². The van der Waals surface area contributed by atoms with E-state index in [0.717, 1.165) is 67.2 Å². The van der Waals surface area contributed by atoms with Crippen LogP contribution in [-0.2, 0) is 0 Å². The first-order chi connectivity index (χ1) is 23.3. The summed E-state index contributed by atoms with van der Waals surface area (Å²) in [5.74, 6) is 0.703. The molecule has 1 aliphatic heterocycles. The van der Waals surface area contributed by atoms with E-state index in [1.807, 2.05) is 0 Å². The smallest absolute Gasteiger partial charge is 0.160 e. The molecule has 2 aromatic heterocycles. The molecule has 1 N–H and O–H groups in total. The van der Waals surface area contributed by atoms with Crippen molar-refractivity contribution in [3.63, 3.8) is 0 Å². The molecule has 5 aromatic carbocycles. The molecule has 0 fully saturated rings. The zero-order valence-corrected chi connectivity index (χ0v) is 27.6. The number of nitrogens with one attached hydrogen (secondary N) is 1. The van der Waals surface area contributed by atoms with Crippen molar-refractivity contribution in [3.8, 4) is 45.0 Å². The van der Waals surface area contributed by atoms with E-state index in [4.69, 9.17) is 9.97 Å². The van der Waals surface area contributed by atoms with Gasteiger partial charge in [-0.3, -0.25) is 4.98 Å². The minimum Gasteiger partial charge on any atom is -0.383 e. The largest absolute Gasteiger partial charge is 0.383 e. The number of nitrogens with zero attached hydrogens (tertiary/aromatic N) is 3. The van der Waals surface area contributed by atoms with Gasteiger partial charge < -0.3 is 5.32 Å². The van der Waals surface area contributed by atoms with Gasteiger partial charge in [-0.25, -0.2) is 9.97 Å². The van der Waals surface area contributed by atoms with Crippen molar-refractivity contribution < 1.29 is 0 Å². The third-order valence-electron chi connectivity index (χ3n) is 9.01. The molecule has 1 unspecified atom stereocenters. The number of rotatable bonds is 5. The highest BCUT2D eigenvalue weighted by atomic mass is 14.9. The van der Waals surface area contributed by atoms with Crippen LogP contribution in [0.5, 0.6) is 0 Å². The summed E-state index contributed by atoms with van der Waals surface area (Å²) in [6, 6.07) is 43.5. The van der Waals surface area contributed by atoms with Gasteiger partial charge in [0.1, 0.15) is 0 Å². The van der Waals surface area contributed by atoms with Gasteiger partial charge in [-0.15, -0.1) is 0 Å². The lowest BCUT2D eigenvalue weighted by molar-refractivity contribution is 0.721. The summed E-state index contributed by atoms with van der Waals surface area (Å²) in [6.07, 6.45) is 4.52. The maximum Gasteiger partial charge on any atom is 0.160 e. The van der Waals surface area contributed by atoms with E-state index in [1.165, 1.54) is 21.7 Å². The Labute approximate surface area is 281 Å². The van der Waals surface area contributed by atoms with Crippen LogP contribution in [0, 0.1) is 13.8 Å². The number of hydrogen-bond acceptors (Lipinski definition) is 4. The summed E-state index contributed by atoms with van der Waals surface area (Å²) < 4.78 is 0. The van der Waals surface area contributed by atoms with E-state index in [-0.39, 0.29) is 6.04 Å². The van der Waals surface area contributed by atoms with Crippen molar-refractivity contribution in [2.24, 2.45) is 0 Å². The molecule has 0 bridgehead atoms. The highest BCUT2D eigenvalue weighted by Crippen LogP contribution is 2.35. The molecule has 1 atom stereocenters. The molecule has 3 heterocycles. The molecule has 4 heteroatoms. The van der Waals surface area contributed by atoms with Crippen LogP contribution < -0.4 is 5.32 Å². The lowest BCUT2D eigenvalue weighted by Gasteiger charge is -2.21. The quantitative estimate of drug-likeness (QED) is 0.208. The Morgan fingerprint density at radius 2 is 1.02 bits per heavy atom. The first kappa shape index (κ1) is 29.5. The van der Waals surface area contributed by atoms with Crippen LogP contribution in [0.25, 0.3) is 72.1 Å². The third kappa shape index (κ3) is 5.89. The molecule has 232 valence electrons. The molecule has 0 radical (unpaired) electrons. The Balaban J connectivity index is 1.37. The average Bonchev–Trinajstić information content (AvgIpc) is 3.10. The van der Waals surface area contributed by atoms with E-state index in [2.05, 4.69) is 171 Å². The van der Waals surface area contributed by atoms with E-state index >= 15 is 0 Å². The summed E-state index contributed by atoms with van der Waals surface area (Å²) in [5, 5.41) is 8.27. The number of dihydropyridines is 1. The highest BCUT2D eigenvalue weighted by molar-refractivity contribution is 5.90. The van der Waals surface area contributed by atoms with Crippen molar-refractivity contribution >= 4 is 27.1 Å². The van der Waals surface area contributed by atoms with E-state index in [0.29, 0.717) is 5.82 Å². The Morgan fingerprint density at radius 3 is 1.69 bits per heavy atom. The van der Waals surface area contributed by atoms with Gasteiger partial charge in [-0.2, -0.15) is 0 Å². The standard InChI is InChI=1S/C44H36N4/c1-27-17-37(18-28(2)45-27)39-23-40(38-19-29(3)46-30(4)20-38)25-41(24-39)43-26-42(35-15-13-31-9-5-7-11-33(31)21-35)47-44(48-43)36-16-14-32-10-6-8-12-34(32)22-36/h5-27,45H,1-4H3. The van der Waals surface area contributed by atoms with Crippen LogP contribution >= 0.6 is 0 Å². The second-order valence-corrected chi connectivity index (χ2v) is 12.9. The normalized spacial score (nSPS) is 14.5. The summed E-state index contributed by atoms with van der Waals surface area (Å²) in [7, 11) is 0. The monoisotopic (exact) mass is 620 g/mol. The van der Waals surface area contributed by atoms with Gasteiger partial charge in [0, 0.05) is 39.8 Å². The van der Waals surface area contributed by atoms with Gasteiger partial charge in [-0.05, 0) is 126 Å². The van der Waals surface area contributed by atoms with E-state index in [1.54, 1.807) is 0 Å². The minimum absolute atomic E-state index is 0.237. The lowest BCUT2D eigenvalue weighted by Crippen LogP contribution is -2.24. The number of benzene rings is 5. The maximum absolute atomic E-state index is 5.28. The molecule has 0 saturated carbocycles. The summed E-state index contributed by atoms with van der Waals surface area (Å²) in [5.41, 5.74) is 12.6. The molecule has 48 heavy (non-hydrogen) atoms. The Kier molecular flexibility index (Phi) is 7.41. The van der Waals surface area contributed by atoms with Gasteiger partial charge >= 0.3 is 0 Å². The Hall–Kier alpha value is -5.87. The van der Waals surface area contributed by atoms with Gasteiger partial charge in [0.05, 0.1) is 11.4 Å². The van der Waals surface area contributed by atoms with Crippen molar-refractivity contribution in [2.45, 2.75) is 33.7 Å². The van der Waals surface area contributed by atoms with Crippen LogP contribution in [0.3, 0.4) is 0 Å². The zero-order valence-electron chi connectivity index (χ0n) is 27.6. The predicted molar refractivity (Wildman–Crippen MR) is 200 cm³/mol. The fourth-order valence-corrected chi connectivity index (χ4v) is 6.83. The Morgan fingerprint density at radius 1 is 0.479 bits per heavy atom. The number of aryl methyl sites for hydroxylation is 2. The first-order valence-electron chi connectivity index (χ1n) is 16.5. The molecular formula is C44H36N4. The van der Waals surface area contributed by atoms with Gasteiger partial charge in [0.2, 0.25) is 0 Å². The fourth-order valence-electron chi connectivity index (χ4n) is 6.83. The van der Waals surface area contributed by atoms with Crippen LogP contribution in [0.4, 0.5) is 0 Å². The maximum atomic E-state index is 5.28. The van der Waals surface area contributed by atoms with Crippen molar-refractivity contribution in [2.75, 3.05) is 0 Å². The fraction of sp³-hybridized carbons (Fsp3) is 0.114. The molecule has 0 amide bonds. The van der Waals surface area contributed by atoms with Gasteiger partial charge in [-0.1, -0.05) is 78.9 Å². The molecular weight excluding hydrogens is 585 g/mol. The van der Waals surface area contributed by atoms with E-state index < -0.39 is 0 Å². The third-order valence-corrected chi connectivity index (χ3v) is 9.01. The first-order valence-corrected chi connectivity index (χ1v) is 16.5. The highest BCUT2D eigenvalue weighted by Gasteiger charge is 2.16. The molecule has 0 spiro atoms. The summed E-state index contributed by atoms with van der Waals surface area (Å²) in [6.45, 7) is 8.42. The number of fused-ring (bicyclic) bond motifs is 2. The summed E-state index contributed by atoms with van der Waals surface area (Å²) >= 11 is 0. The zero-order chi connectivity index (χ0) is 32.8. The van der Waals surface area contributed by atoms with Crippen molar-refractivity contribution in [3.05, 3.63) is 156 Å². The Bertz CT molecular complexity index is 2320. The predicted octanol–water partition coefficient (Wildman–Crippen LogP) is 10.7. The van der Waals surface area contributed by atoms with Crippen LogP contribution in [-0.4, -0.2) is 21.0 Å². The molecule has 7 aromatic rings. The topological polar surface area (TPSA) is 50.7 Å². The number of pyridine rings is 1. The van der Waals surface area contributed by atoms with Crippen molar-refractivity contribution in [1.82, 2.24) is 20.3 Å². The molecule has 4 nitrogen and oxygen atoms in total. The minimum atomic E-state index is 0.237. The molecule has 0 saturated heterocycles. The van der Waals surface area contributed by atoms with Gasteiger partial charge in [0.25, 0.3) is 0 Å². The number of aromatic nitrogens is 3. The average molecular weight is 621 g/mol.